The van der Waals surface area contributed by atoms with Crippen LogP contribution in [0.2, 0.25) is 0 Å². The molecule has 1 aliphatic rings. The van der Waals surface area contributed by atoms with E-state index in [1.54, 1.807) is 14.0 Å². The Morgan fingerprint density at radius 2 is 1.85 bits per heavy atom. The Morgan fingerprint density at radius 1 is 1.12 bits per heavy atom. The number of amides is 2. The molecule has 0 unspecified atom stereocenters. The van der Waals surface area contributed by atoms with Crippen molar-refractivity contribution in [3.05, 3.63) is 99.6 Å². The summed E-state index contributed by atoms with van der Waals surface area (Å²) in [6.45, 7) is 1.62. The number of nitrogens with one attached hydrogen (secondary N) is 1. The van der Waals surface area contributed by atoms with Crippen molar-refractivity contribution in [3.8, 4) is 5.69 Å². The van der Waals surface area contributed by atoms with Crippen molar-refractivity contribution in [1.29, 1.82) is 0 Å². The fourth-order valence-corrected chi connectivity index (χ4v) is 3.70. The minimum atomic E-state index is -0.669. The van der Waals surface area contributed by atoms with Crippen LogP contribution in [0.1, 0.15) is 23.5 Å². The number of hydrogen-bond donors (Lipinski definition) is 1. The van der Waals surface area contributed by atoms with Gasteiger partial charge in [-0.1, -0.05) is 12.1 Å². The molecule has 0 aliphatic carbocycles. The molecule has 0 spiro atoms. The van der Waals surface area contributed by atoms with Gasteiger partial charge in [0, 0.05) is 49.1 Å². The van der Waals surface area contributed by atoms with Gasteiger partial charge in [-0.3, -0.25) is 14.4 Å². The van der Waals surface area contributed by atoms with Gasteiger partial charge in [0.15, 0.2) is 0 Å². The SMILES string of the molecule is Cc1cc(F)c(-n2ncccc2=O)cc1NC(=O)C1=CN(C)C(=O)C[C@H]1c1ccc(F)cc1. The van der Waals surface area contributed by atoms with Gasteiger partial charge in [-0.15, -0.1) is 0 Å². The van der Waals surface area contributed by atoms with Gasteiger partial charge in [-0.25, -0.2) is 8.78 Å². The van der Waals surface area contributed by atoms with Crippen molar-refractivity contribution in [2.24, 2.45) is 0 Å². The zero-order chi connectivity index (χ0) is 23.7. The van der Waals surface area contributed by atoms with E-state index >= 15 is 0 Å². The highest BCUT2D eigenvalue weighted by molar-refractivity contribution is 6.06. The number of rotatable bonds is 4. The molecule has 0 radical (unpaired) electrons. The van der Waals surface area contributed by atoms with Crippen molar-refractivity contribution in [1.82, 2.24) is 14.7 Å². The molecule has 0 saturated heterocycles. The maximum absolute atomic E-state index is 14.6. The number of benzene rings is 2. The van der Waals surface area contributed by atoms with E-state index < -0.39 is 29.0 Å². The van der Waals surface area contributed by atoms with Gasteiger partial charge in [0.25, 0.3) is 11.5 Å². The van der Waals surface area contributed by atoms with E-state index in [-0.39, 0.29) is 23.7 Å². The van der Waals surface area contributed by atoms with Crippen LogP contribution in [0, 0.1) is 18.6 Å². The van der Waals surface area contributed by atoms with E-state index in [0.717, 1.165) is 4.68 Å². The van der Waals surface area contributed by atoms with Crippen molar-refractivity contribution in [2.75, 3.05) is 12.4 Å². The Bertz CT molecular complexity index is 1330. The summed E-state index contributed by atoms with van der Waals surface area (Å²) < 4.78 is 28.9. The van der Waals surface area contributed by atoms with E-state index in [2.05, 4.69) is 10.4 Å². The average Bonchev–Trinajstić information content (AvgIpc) is 2.78. The Balaban J connectivity index is 1.70. The topological polar surface area (TPSA) is 84.3 Å². The lowest BCUT2D eigenvalue weighted by Crippen LogP contribution is -2.33. The molecule has 2 aromatic carbocycles. The van der Waals surface area contributed by atoms with Crippen molar-refractivity contribution < 1.29 is 18.4 Å². The van der Waals surface area contributed by atoms with Gasteiger partial charge in [-0.2, -0.15) is 9.78 Å². The second kappa shape index (κ2) is 8.78. The summed E-state index contributed by atoms with van der Waals surface area (Å²) in [6.07, 6.45) is 2.84. The second-order valence-corrected chi connectivity index (χ2v) is 7.74. The Hall–Kier alpha value is -4.14. The molecule has 7 nitrogen and oxygen atoms in total. The lowest BCUT2D eigenvalue weighted by molar-refractivity contribution is -0.128. The molecule has 1 aliphatic heterocycles. The maximum Gasteiger partial charge on any atom is 0.271 e. The number of nitrogens with zero attached hydrogens (tertiary/aromatic N) is 3. The molecule has 3 aromatic rings. The number of anilines is 1. The molecule has 9 heteroatoms. The van der Waals surface area contributed by atoms with Gasteiger partial charge in [0.05, 0.1) is 0 Å². The van der Waals surface area contributed by atoms with Crippen LogP contribution >= 0.6 is 0 Å². The van der Waals surface area contributed by atoms with Crippen molar-refractivity contribution >= 4 is 17.5 Å². The molecule has 0 bridgehead atoms. The maximum atomic E-state index is 14.6. The number of aromatic nitrogens is 2. The van der Waals surface area contributed by atoms with Crippen LogP contribution in [-0.2, 0) is 9.59 Å². The summed E-state index contributed by atoms with van der Waals surface area (Å²) in [7, 11) is 1.55. The minimum Gasteiger partial charge on any atom is -0.322 e. The number of halogens is 2. The number of carbonyl (C=O) groups is 2. The third-order valence-electron chi connectivity index (χ3n) is 5.50. The molecule has 2 amide bonds. The summed E-state index contributed by atoms with van der Waals surface area (Å²) in [5.74, 6) is -2.36. The first-order valence-electron chi connectivity index (χ1n) is 10.1. The zero-order valence-electron chi connectivity index (χ0n) is 17.9. The first kappa shape index (κ1) is 22.1. The van der Waals surface area contributed by atoms with Crippen molar-refractivity contribution in [2.45, 2.75) is 19.3 Å². The van der Waals surface area contributed by atoms with Crippen LogP contribution in [-0.4, -0.2) is 33.5 Å². The number of hydrogen-bond acceptors (Lipinski definition) is 4. The van der Waals surface area contributed by atoms with Crippen LogP contribution < -0.4 is 10.9 Å². The van der Waals surface area contributed by atoms with Crippen LogP contribution in [0.3, 0.4) is 0 Å². The third kappa shape index (κ3) is 4.43. The minimum absolute atomic E-state index is 0.0400. The highest BCUT2D eigenvalue weighted by atomic mass is 19.1. The van der Waals surface area contributed by atoms with Gasteiger partial charge in [0.1, 0.15) is 17.3 Å². The Kier molecular flexibility index (Phi) is 5.87. The van der Waals surface area contributed by atoms with E-state index in [4.69, 9.17) is 0 Å². The standard InChI is InChI=1S/C24H20F2N4O3/c1-14-10-19(26)21(30-22(31)4-3-9-27-30)12-20(14)28-24(33)18-13-29(2)23(32)11-17(18)15-5-7-16(25)8-6-15/h3-10,12-13,17H,11H2,1-2H3,(H,28,33)/t17-/m0/s1. The van der Waals surface area contributed by atoms with Gasteiger partial charge in [-0.05, 0) is 48.4 Å². The summed E-state index contributed by atoms with van der Waals surface area (Å²) >= 11 is 0. The van der Waals surface area contributed by atoms with Gasteiger partial charge >= 0.3 is 0 Å². The van der Waals surface area contributed by atoms with Gasteiger partial charge < -0.3 is 10.2 Å². The first-order chi connectivity index (χ1) is 15.7. The van der Waals surface area contributed by atoms with Crippen molar-refractivity contribution in [3.63, 3.8) is 0 Å². The molecule has 2 heterocycles. The molecule has 0 fully saturated rings. The van der Waals surface area contributed by atoms with E-state index in [1.807, 2.05) is 0 Å². The van der Waals surface area contributed by atoms with Crippen LogP contribution in [0.15, 0.2) is 71.3 Å². The predicted octanol–water partition coefficient (Wildman–Crippen LogP) is 3.29. The second-order valence-electron chi connectivity index (χ2n) is 7.74. The van der Waals surface area contributed by atoms with Crippen LogP contribution in [0.4, 0.5) is 14.5 Å². The van der Waals surface area contributed by atoms with Gasteiger partial charge in [0.2, 0.25) is 5.91 Å². The molecular formula is C24H20F2N4O3. The Labute approximate surface area is 188 Å². The normalized spacial score (nSPS) is 15.9. The largest absolute Gasteiger partial charge is 0.322 e. The molecule has 33 heavy (non-hydrogen) atoms. The lowest BCUT2D eigenvalue weighted by atomic mass is 9.85. The monoisotopic (exact) mass is 450 g/mol. The number of aryl methyl sites for hydroxylation is 1. The predicted molar refractivity (Wildman–Crippen MR) is 118 cm³/mol. The molecule has 1 N–H and O–H groups in total. The molecule has 1 aromatic heterocycles. The highest BCUT2D eigenvalue weighted by Crippen LogP contribution is 2.34. The average molecular weight is 450 g/mol. The molecule has 1 atom stereocenters. The summed E-state index contributed by atoms with van der Waals surface area (Å²) in [4.78, 5) is 39.0. The summed E-state index contributed by atoms with van der Waals surface area (Å²) in [5, 5.41) is 6.65. The van der Waals surface area contributed by atoms with Crippen LogP contribution in [0.5, 0.6) is 0 Å². The molecule has 4 rings (SSSR count). The fourth-order valence-electron chi connectivity index (χ4n) is 3.70. The highest BCUT2D eigenvalue weighted by Gasteiger charge is 2.31. The smallest absolute Gasteiger partial charge is 0.271 e. The molecule has 168 valence electrons. The summed E-state index contributed by atoms with van der Waals surface area (Å²) in [5.41, 5.74) is 1.00. The molecular weight excluding hydrogens is 430 g/mol. The zero-order valence-corrected chi connectivity index (χ0v) is 17.9. The first-order valence-corrected chi connectivity index (χ1v) is 10.1. The fraction of sp³-hybridized carbons (Fsp3) is 0.167. The third-order valence-corrected chi connectivity index (χ3v) is 5.50. The van der Waals surface area contributed by atoms with E-state index in [9.17, 15) is 23.2 Å². The quantitative estimate of drug-likeness (QED) is 0.661. The van der Waals surface area contributed by atoms with E-state index in [0.29, 0.717) is 16.7 Å². The lowest BCUT2D eigenvalue weighted by Gasteiger charge is -2.28. The number of carbonyl (C=O) groups excluding carboxylic acids is 2. The summed E-state index contributed by atoms with van der Waals surface area (Å²) in [6, 6.07) is 10.8. The van der Waals surface area contributed by atoms with E-state index in [1.165, 1.54) is 65.8 Å². The van der Waals surface area contributed by atoms with Crippen LogP contribution in [0.25, 0.3) is 5.69 Å². The Morgan fingerprint density at radius 3 is 2.55 bits per heavy atom. The molecule has 0 saturated carbocycles.